The van der Waals surface area contributed by atoms with Crippen molar-refractivity contribution in [3.63, 3.8) is 0 Å². The Balaban J connectivity index is 1.67. The van der Waals surface area contributed by atoms with Crippen molar-refractivity contribution in [3.05, 3.63) is 59.8 Å². The Morgan fingerprint density at radius 3 is 2.69 bits per heavy atom. The van der Waals surface area contributed by atoms with Crippen LogP contribution in [-0.4, -0.2) is 38.3 Å². The summed E-state index contributed by atoms with van der Waals surface area (Å²) in [5.41, 5.74) is 2.27. The summed E-state index contributed by atoms with van der Waals surface area (Å²) in [5.74, 6) is 1.74. The average Bonchev–Trinajstić information content (AvgIpc) is 2.69. The fourth-order valence-electron chi connectivity index (χ4n) is 2.36. The van der Waals surface area contributed by atoms with Gasteiger partial charge in [-0.1, -0.05) is 37.3 Å². The summed E-state index contributed by atoms with van der Waals surface area (Å²) in [6.45, 7) is 4.92. The van der Waals surface area contributed by atoms with E-state index < -0.39 is 0 Å². The molecule has 0 radical (unpaired) electrons. The van der Waals surface area contributed by atoms with E-state index >= 15 is 0 Å². The minimum atomic E-state index is 0.373. The Kier molecular flexibility index (Phi) is 8.42. The quantitative estimate of drug-likeness (QED) is 0.534. The third-order valence-corrected chi connectivity index (χ3v) is 3.82. The summed E-state index contributed by atoms with van der Waals surface area (Å²) in [5, 5.41) is 6.62. The molecule has 1 unspecified atom stereocenters. The molecule has 0 amide bonds. The summed E-state index contributed by atoms with van der Waals surface area (Å²) in [7, 11) is 3.38. The van der Waals surface area contributed by atoms with Crippen molar-refractivity contribution in [2.24, 2.45) is 10.9 Å². The van der Waals surface area contributed by atoms with Gasteiger partial charge in [0.25, 0.3) is 0 Å². The van der Waals surface area contributed by atoms with Crippen LogP contribution in [0.5, 0.6) is 5.88 Å². The maximum atomic E-state index is 5.78. The van der Waals surface area contributed by atoms with Gasteiger partial charge < -0.3 is 20.1 Å². The largest absolute Gasteiger partial charge is 0.481 e. The first-order valence-electron chi connectivity index (χ1n) is 8.76. The van der Waals surface area contributed by atoms with Crippen LogP contribution >= 0.6 is 0 Å². The zero-order valence-corrected chi connectivity index (χ0v) is 15.7. The van der Waals surface area contributed by atoms with E-state index in [1.165, 1.54) is 5.56 Å². The van der Waals surface area contributed by atoms with E-state index in [0.29, 0.717) is 31.6 Å². The molecule has 26 heavy (non-hydrogen) atoms. The lowest BCUT2D eigenvalue weighted by atomic mass is 10.2. The monoisotopic (exact) mass is 356 g/mol. The Morgan fingerprint density at radius 1 is 1.15 bits per heavy atom. The second-order valence-electron chi connectivity index (χ2n) is 6.12. The number of nitrogens with one attached hydrogen (secondary N) is 2. The Hall–Kier alpha value is -2.60. The normalized spacial score (nSPS) is 12.5. The van der Waals surface area contributed by atoms with E-state index in [9.17, 15) is 0 Å². The van der Waals surface area contributed by atoms with Crippen molar-refractivity contribution in [3.8, 4) is 5.88 Å². The number of ether oxygens (including phenoxy) is 2. The zero-order chi connectivity index (χ0) is 18.6. The molecule has 2 N–H and O–H groups in total. The lowest BCUT2D eigenvalue weighted by Gasteiger charge is -2.16. The van der Waals surface area contributed by atoms with Gasteiger partial charge in [0.2, 0.25) is 5.88 Å². The summed E-state index contributed by atoms with van der Waals surface area (Å²) in [6.07, 6.45) is 1.73. The second kappa shape index (κ2) is 11.1. The first-order chi connectivity index (χ1) is 12.7. The van der Waals surface area contributed by atoms with Crippen LogP contribution in [0, 0.1) is 5.92 Å². The van der Waals surface area contributed by atoms with E-state index in [1.54, 1.807) is 20.4 Å². The lowest BCUT2D eigenvalue weighted by molar-refractivity contribution is 0.0931. The molecule has 0 bridgehead atoms. The summed E-state index contributed by atoms with van der Waals surface area (Å²) < 4.78 is 10.9. The molecule has 6 heteroatoms. The minimum Gasteiger partial charge on any atom is -0.481 e. The number of rotatable bonds is 9. The Labute approximate surface area is 155 Å². The molecule has 0 aliphatic heterocycles. The average molecular weight is 356 g/mol. The summed E-state index contributed by atoms with van der Waals surface area (Å²) in [4.78, 5) is 8.36. The van der Waals surface area contributed by atoms with Crippen molar-refractivity contribution < 1.29 is 9.47 Å². The van der Waals surface area contributed by atoms with Crippen LogP contribution in [0.25, 0.3) is 0 Å². The molecule has 140 valence electrons. The number of nitrogens with zero attached hydrogens (tertiary/aromatic N) is 2. The maximum absolute atomic E-state index is 5.78. The molecule has 1 atom stereocenters. The number of hydrogen-bond acceptors (Lipinski definition) is 4. The molecule has 2 rings (SSSR count). The van der Waals surface area contributed by atoms with Gasteiger partial charge in [0.1, 0.15) is 0 Å². The predicted octanol–water partition coefficient (Wildman–Crippen LogP) is 2.61. The van der Waals surface area contributed by atoms with Crippen molar-refractivity contribution in [1.29, 1.82) is 0 Å². The van der Waals surface area contributed by atoms with Gasteiger partial charge >= 0.3 is 0 Å². The van der Waals surface area contributed by atoms with Crippen molar-refractivity contribution in [1.82, 2.24) is 15.6 Å². The number of methoxy groups -OCH3 is 1. The van der Waals surface area contributed by atoms with Gasteiger partial charge in [-0.15, -0.1) is 0 Å². The molecule has 1 heterocycles. The third kappa shape index (κ3) is 7.11. The molecule has 2 aromatic rings. The van der Waals surface area contributed by atoms with Crippen LogP contribution in [-0.2, 0) is 17.9 Å². The number of aromatic nitrogens is 1. The SMILES string of the molecule is CN=C(NCc1ccnc(OC)c1)NCC(C)COCc1ccccc1. The zero-order valence-electron chi connectivity index (χ0n) is 15.7. The van der Waals surface area contributed by atoms with Crippen LogP contribution in [0.1, 0.15) is 18.1 Å². The third-order valence-electron chi connectivity index (χ3n) is 3.82. The van der Waals surface area contributed by atoms with Crippen molar-refractivity contribution in [2.75, 3.05) is 27.3 Å². The van der Waals surface area contributed by atoms with Crippen molar-refractivity contribution >= 4 is 5.96 Å². The molecule has 0 spiro atoms. The molecule has 0 aliphatic carbocycles. The Morgan fingerprint density at radius 2 is 1.96 bits per heavy atom. The van der Waals surface area contributed by atoms with E-state index in [1.807, 2.05) is 30.3 Å². The molecular weight excluding hydrogens is 328 g/mol. The highest BCUT2D eigenvalue weighted by Crippen LogP contribution is 2.08. The highest BCUT2D eigenvalue weighted by atomic mass is 16.5. The molecule has 0 fully saturated rings. The summed E-state index contributed by atoms with van der Waals surface area (Å²) in [6, 6.07) is 14.1. The van der Waals surface area contributed by atoms with Crippen LogP contribution in [0.3, 0.4) is 0 Å². The van der Waals surface area contributed by atoms with E-state index in [0.717, 1.165) is 18.1 Å². The molecule has 0 aliphatic rings. The molecule has 6 nitrogen and oxygen atoms in total. The molecule has 0 saturated carbocycles. The highest BCUT2D eigenvalue weighted by Gasteiger charge is 2.05. The van der Waals surface area contributed by atoms with Gasteiger partial charge in [0.05, 0.1) is 20.3 Å². The number of aliphatic imine (C=N–C) groups is 1. The van der Waals surface area contributed by atoms with Crippen LogP contribution < -0.4 is 15.4 Å². The van der Waals surface area contributed by atoms with Crippen LogP contribution in [0.2, 0.25) is 0 Å². The fraction of sp³-hybridized carbons (Fsp3) is 0.400. The molecule has 0 saturated heterocycles. The maximum Gasteiger partial charge on any atom is 0.213 e. The number of guanidine groups is 1. The lowest BCUT2D eigenvalue weighted by Crippen LogP contribution is -2.39. The van der Waals surface area contributed by atoms with Crippen molar-refractivity contribution in [2.45, 2.75) is 20.1 Å². The highest BCUT2D eigenvalue weighted by molar-refractivity contribution is 5.79. The van der Waals surface area contributed by atoms with Gasteiger partial charge in [-0.3, -0.25) is 4.99 Å². The predicted molar refractivity (Wildman–Crippen MR) is 104 cm³/mol. The molecule has 1 aromatic heterocycles. The number of benzene rings is 1. The standard InChI is InChI=1S/C20H28N4O2/c1-16(14-26-15-17-7-5-4-6-8-17)12-23-20(21-2)24-13-18-9-10-22-19(11-18)25-3/h4-11,16H,12-15H2,1-3H3,(H2,21,23,24). The Bertz CT molecular complexity index is 677. The fourth-order valence-corrected chi connectivity index (χ4v) is 2.36. The van der Waals surface area contributed by atoms with Gasteiger partial charge in [-0.05, 0) is 23.1 Å². The molecule has 1 aromatic carbocycles. The second-order valence-corrected chi connectivity index (χ2v) is 6.12. The number of hydrogen-bond donors (Lipinski definition) is 2. The van der Waals surface area contributed by atoms with Crippen LogP contribution in [0.4, 0.5) is 0 Å². The smallest absolute Gasteiger partial charge is 0.213 e. The van der Waals surface area contributed by atoms with Gasteiger partial charge in [0, 0.05) is 32.4 Å². The number of pyridine rings is 1. The van der Waals surface area contributed by atoms with E-state index in [2.05, 4.69) is 39.7 Å². The van der Waals surface area contributed by atoms with Gasteiger partial charge in [0.15, 0.2) is 5.96 Å². The van der Waals surface area contributed by atoms with E-state index in [4.69, 9.17) is 9.47 Å². The first-order valence-corrected chi connectivity index (χ1v) is 8.76. The minimum absolute atomic E-state index is 0.373. The van der Waals surface area contributed by atoms with E-state index in [-0.39, 0.29) is 0 Å². The first kappa shape index (κ1) is 19.7. The van der Waals surface area contributed by atoms with Gasteiger partial charge in [-0.25, -0.2) is 4.98 Å². The molecular formula is C20H28N4O2. The summed E-state index contributed by atoms with van der Waals surface area (Å²) >= 11 is 0. The van der Waals surface area contributed by atoms with Crippen LogP contribution in [0.15, 0.2) is 53.7 Å². The van der Waals surface area contributed by atoms with Gasteiger partial charge in [-0.2, -0.15) is 0 Å². The topological polar surface area (TPSA) is 67.8 Å².